The molecule has 0 bridgehead atoms. The average molecular weight is 432 g/mol. The van der Waals surface area contributed by atoms with Crippen molar-refractivity contribution in [2.75, 3.05) is 0 Å². The van der Waals surface area contributed by atoms with Gasteiger partial charge in [-0.25, -0.2) is 8.42 Å². The molecule has 2 aliphatic rings. The summed E-state index contributed by atoms with van der Waals surface area (Å²) in [4.78, 5) is 17.1. The van der Waals surface area contributed by atoms with E-state index >= 15 is 0 Å². The minimum absolute atomic E-state index is 0. The Bertz CT molecular complexity index is 1230. The van der Waals surface area contributed by atoms with Crippen LogP contribution >= 0.6 is 12.4 Å². The lowest BCUT2D eigenvalue weighted by Gasteiger charge is -2.19. The van der Waals surface area contributed by atoms with Crippen LogP contribution in [0.5, 0.6) is 0 Å². The van der Waals surface area contributed by atoms with Crippen LogP contribution in [0, 0.1) is 0 Å². The maximum atomic E-state index is 13.1. The van der Waals surface area contributed by atoms with Crippen LogP contribution in [-0.2, 0) is 15.4 Å². The number of benzene rings is 2. The Morgan fingerprint density at radius 3 is 2.45 bits per heavy atom. The van der Waals surface area contributed by atoms with E-state index in [0.717, 1.165) is 25.7 Å². The van der Waals surface area contributed by atoms with E-state index in [4.69, 9.17) is 10.3 Å². The number of sulfone groups is 1. The van der Waals surface area contributed by atoms with Gasteiger partial charge < -0.3 is 10.3 Å². The van der Waals surface area contributed by atoms with Crippen molar-refractivity contribution in [2.45, 2.75) is 41.0 Å². The predicted molar refractivity (Wildman–Crippen MR) is 107 cm³/mol. The first-order chi connectivity index (χ1) is 13.4. The number of hydrogen-bond donors (Lipinski definition) is 1. The summed E-state index contributed by atoms with van der Waals surface area (Å²) in [6.07, 6.45) is 3.60. The normalized spacial score (nSPS) is 18.6. The van der Waals surface area contributed by atoms with E-state index in [0.29, 0.717) is 11.4 Å². The molecule has 150 valence electrons. The van der Waals surface area contributed by atoms with Crippen LogP contribution < -0.4 is 5.73 Å². The van der Waals surface area contributed by atoms with Gasteiger partial charge in [-0.2, -0.15) is 4.98 Å². The molecule has 9 heteroatoms. The van der Waals surface area contributed by atoms with Gasteiger partial charge in [0.25, 0.3) is 5.89 Å². The Morgan fingerprint density at radius 2 is 1.69 bits per heavy atom. The molecule has 0 atom stereocenters. The van der Waals surface area contributed by atoms with Crippen molar-refractivity contribution in [1.29, 1.82) is 0 Å². The summed E-state index contributed by atoms with van der Waals surface area (Å²) in [5, 5.41) is 4.02. The van der Waals surface area contributed by atoms with Crippen molar-refractivity contribution < 1.29 is 17.7 Å². The minimum Gasteiger partial charge on any atom is -0.334 e. The maximum absolute atomic E-state index is 13.1. The monoisotopic (exact) mass is 431 g/mol. The van der Waals surface area contributed by atoms with Gasteiger partial charge in [0, 0.05) is 16.7 Å². The van der Waals surface area contributed by atoms with Gasteiger partial charge in [0.05, 0.1) is 15.3 Å². The third-order valence-corrected chi connectivity index (χ3v) is 7.40. The minimum atomic E-state index is -3.82. The highest BCUT2D eigenvalue weighted by Gasteiger charge is 2.37. The standard InChI is InChI=1S/C20H17N3O4S.ClH/c21-20(9-3-4-10-20)19-22-18(27-23-19)12-7-8-14-16(11-12)28(25,26)15-6-2-1-5-13(15)17(14)24;/h1-2,5-8,11H,3-4,9-10,21H2;1H. The first-order valence-electron chi connectivity index (χ1n) is 9.06. The molecule has 0 unspecified atom stereocenters. The molecular weight excluding hydrogens is 414 g/mol. The van der Waals surface area contributed by atoms with E-state index in [1.165, 1.54) is 24.3 Å². The van der Waals surface area contributed by atoms with Crippen molar-refractivity contribution >= 4 is 28.0 Å². The van der Waals surface area contributed by atoms with Crippen LogP contribution in [0.25, 0.3) is 11.5 Å². The molecule has 2 heterocycles. The highest BCUT2D eigenvalue weighted by atomic mass is 35.5. The number of hydrogen-bond acceptors (Lipinski definition) is 7. The second-order valence-electron chi connectivity index (χ2n) is 7.33. The van der Waals surface area contributed by atoms with Gasteiger partial charge in [-0.05, 0) is 43.2 Å². The van der Waals surface area contributed by atoms with Crippen LogP contribution in [-0.4, -0.2) is 24.3 Å². The fourth-order valence-corrected chi connectivity index (χ4v) is 5.67. The summed E-state index contributed by atoms with van der Waals surface area (Å²) in [5.74, 6) is 0.308. The number of carbonyl (C=O) groups excluding carboxylic acids is 1. The Labute approximate surface area is 173 Å². The number of carbonyl (C=O) groups is 1. The number of nitrogens with two attached hydrogens (primary N) is 1. The zero-order valence-corrected chi connectivity index (χ0v) is 16.9. The largest absolute Gasteiger partial charge is 0.334 e. The molecule has 0 saturated heterocycles. The molecule has 0 amide bonds. The van der Waals surface area contributed by atoms with E-state index in [2.05, 4.69) is 10.1 Å². The number of aromatic nitrogens is 2. The summed E-state index contributed by atoms with van der Waals surface area (Å²) in [7, 11) is -3.82. The average Bonchev–Trinajstić information content (AvgIpc) is 3.36. The molecule has 1 saturated carbocycles. The Balaban J connectivity index is 0.00000205. The highest BCUT2D eigenvalue weighted by Crippen LogP contribution is 2.38. The number of ketones is 1. The predicted octanol–water partition coefficient (Wildman–Crippen LogP) is 3.26. The van der Waals surface area contributed by atoms with Gasteiger partial charge in [0.1, 0.15) is 0 Å². The lowest BCUT2D eigenvalue weighted by Crippen LogP contribution is -2.34. The van der Waals surface area contributed by atoms with E-state index in [1.54, 1.807) is 18.2 Å². The van der Waals surface area contributed by atoms with Crippen LogP contribution in [0.1, 0.15) is 47.4 Å². The Morgan fingerprint density at radius 1 is 1.00 bits per heavy atom. The number of nitrogens with zero attached hydrogens (tertiary/aromatic N) is 2. The van der Waals surface area contributed by atoms with Crippen LogP contribution in [0.3, 0.4) is 0 Å². The molecule has 0 radical (unpaired) electrons. The lowest BCUT2D eigenvalue weighted by atomic mass is 9.98. The molecule has 2 aromatic carbocycles. The molecular formula is C20H18ClN3O4S. The Hall–Kier alpha value is -2.55. The summed E-state index contributed by atoms with van der Waals surface area (Å²) >= 11 is 0. The van der Waals surface area contributed by atoms with E-state index in [1.807, 2.05) is 0 Å². The smallest absolute Gasteiger partial charge is 0.258 e. The highest BCUT2D eigenvalue weighted by molar-refractivity contribution is 7.91. The lowest BCUT2D eigenvalue weighted by molar-refractivity contribution is 0.103. The van der Waals surface area contributed by atoms with Gasteiger partial charge in [0.15, 0.2) is 11.6 Å². The quantitative estimate of drug-likeness (QED) is 0.517. The molecule has 1 fully saturated rings. The third-order valence-electron chi connectivity index (χ3n) is 5.55. The third kappa shape index (κ3) is 2.90. The molecule has 1 aliphatic carbocycles. The SMILES string of the molecule is Cl.NC1(c2noc(-c3ccc4c(c3)S(=O)(=O)c3ccccc3C4=O)n2)CCCC1. The topological polar surface area (TPSA) is 116 Å². The zero-order chi connectivity index (χ0) is 19.5. The molecule has 7 nitrogen and oxygen atoms in total. The number of rotatable bonds is 2. The summed E-state index contributed by atoms with van der Waals surface area (Å²) in [5.41, 5.74) is 6.55. The van der Waals surface area contributed by atoms with Crippen molar-refractivity contribution in [3.63, 3.8) is 0 Å². The maximum Gasteiger partial charge on any atom is 0.258 e. The number of halogens is 1. The van der Waals surface area contributed by atoms with E-state index < -0.39 is 15.4 Å². The first kappa shape index (κ1) is 19.8. The van der Waals surface area contributed by atoms with Gasteiger partial charge in [-0.3, -0.25) is 4.79 Å². The van der Waals surface area contributed by atoms with Crippen LogP contribution in [0.15, 0.2) is 56.8 Å². The van der Waals surface area contributed by atoms with Gasteiger partial charge in [-0.1, -0.05) is 30.1 Å². The van der Waals surface area contributed by atoms with Crippen LogP contribution in [0.4, 0.5) is 0 Å². The van der Waals surface area contributed by atoms with Crippen molar-refractivity contribution in [2.24, 2.45) is 5.73 Å². The molecule has 29 heavy (non-hydrogen) atoms. The van der Waals surface area contributed by atoms with E-state index in [9.17, 15) is 13.2 Å². The second kappa shape index (κ2) is 6.76. The second-order valence-corrected chi connectivity index (χ2v) is 9.21. The Kier molecular flexibility index (Phi) is 4.60. The van der Waals surface area contributed by atoms with E-state index in [-0.39, 0.29) is 45.0 Å². The van der Waals surface area contributed by atoms with Gasteiger partial charge >= 0.3 is 0 Å². The number of fused-ring (bicyclic) bond motifs is 2. The molecule has 1 aliphatic heterocycles. The fourth-order valence-electron chi connectivity index (χ4n) is 3.99. The van der Waals surface area contributed by atoms with Crippen molar-refractivity contribution in [3.05, 3.63) is 59.4 Å². The summed E-state index contributed by atoms with van der Waals surface area (Å²) < 4.78 is 31.5. The molecule has 2 N–H and O–H groups in total. The van der Waals surface area contributed by atoms with Crippen molar-refractivity contribution in [1.82, 2.24) is 10.1 Å². The van der Waals surface area contributed by atoms with Crippen molar-refractivity contribution in [3.8, 4) is 11.5 Å². The summed E-state index contributed by atoms with van der Waals surface area (Å²) in [6.45, 7) is 0. The summed E-state index contributed by atoms with van der Waals surface area (Å²) in [6, 6.07) is 10.8. The molecule has 1 aromatic heterocycles. The van der Waals surface area contributed by atoms with Gasteiger partial charge in [0.2, 0.25) is 9.84 Å². The molecule has 3 aromatic rings. The fraction of sp³-hybridized carbons (Fsp3) is 0.250. The molecule has 5 rings (SSSR count). The van der Waals surface area contributed by atoms with Crippen LogP contribution in [0.2, 0.25) is 0 Å². The first-order valence-corrected chi connectivity index (χ1v) is 10.5. The zero-order valence-electron chi connectivity index (χ0n) is 15.3. The van der Waals surface area contributed by atoms with Gasteiger partial charge in [-0.15, -0.1) is 12.4 Å². The molecule has 0 spiro atoms.